The Morgan fingerprint density at radius 1 is 1.04 bits per heavy atom. The first kappa shape index (κ1) is 17.1. The zero-order chi connectivity index (χ0) is 19.0. The second-order valence-electron chi connectivity index (χ2n) is 5.79. The minimum Gasteiger partial charge on any atom is -0.493 e. The highest BCUT2D eigenvalue weighted by Gasteiger charge is 2.24. The molecular formula is C20H16N2O4S. The molecule has 1 N–H and O–H groups in total. The summed E-state index contributed by atoms with van der Waals surface area (Å²) in [5, 5.41) is 11.8. The summed E-state index contributed by atoms with van der Waals surface area (Å²) in [6, 6.07) is 14.8. The van der Waals surface area contributed by atoms with Gasteiger partial charge in [0.25, 0.3) is 0 Å². The van der Waals surface area contributed by atoms with Crippen LogP contribution in [0.4, 0.5) is 0 Å². The van der Waals surface area contributed by atoms with Gasteiger partial charge in [0.15, 0.2) is 22.2 Å². The number of imidazole rings is 1. The summed E-state index contributed by atoms with van der Waals surface area (Å²) in [6.45, 7) is 0. The summed E-state index contributed by atoms with van der Waals surface area (Å²) >= 11 is 1.40. The third-order valence-corrected chi connectivity index (χ3v) is 5.12. The van der Waals surface area contributed by atoms with Crippen LogP contribution in [0, 0.1) is 0 Å². The molecule has 4 rings (SSSR count). The molecule has 0 radical (unpaired) electrons. The van der Waals surface area contributed by atoms with E-state index in [9.17, 15) is 9.90 Å². The number of rotatable bonds is 5. The molecule has 0 aliphatic heterocycles. The molecule has 0 saturated heterocycles. The first-order valence-corrected chi connectivity index (χ1v) is 9.03. The monoisotopic (exact) mass is 380 g/mol. The lowest BCUT2D eigenvalue weighted by molar-refractivity contribution is 0.0690. The van der Waals surface area contributed by atoms with Crippen molar-refractivity contribution in [3.63, 3.8) is 0 Å². The van der Waals surface area contributed by atoms with E-state index in [4.69, 9.17) is 9.47 Å². The van der Waals surface area contributed by atoms with E-state index in [-0.39, 0.29) is 5.69 Å². The number of aromatic carboxylic acids is 1. The summed E-state index contributed by atoms with van der Waals surface area (Å²) < 4.78 is 12.3. The van der Waals surface area contributed by atoms with Gasteiger partial charge >= 0.3 is 5.97 Å². The van der Waals surface area contributed by atoms with Gasteiger partial charge in [0.1, 0.15) is 5.69 Å². The number of methoxy groups -OCH3 is 2. The number of nitrogens with zero attached hydrogens (tertiary/aromatic N) is 2. The fourth-order valence-corrected chi connectivity index (χ4v) is 3.95. The molecule has 7 heteroatoms. The third kappa shape index (κ3) is 2.82. The van der Waals surface area contributed by atoms with Crippen molar-refractivity contribution < 1.29 is 19.4 Å². The molecule has 0 aliphatic carbocycles. The van der Waals surface area contributed by atoms with Gasteiger partial charge in [-0.2, -0.15) is 0 Å². The topological polar surface area (TPSA) is 73.1 Å². The smallest absolute Gasteiger partial charge is 0.355 e. The maximum absolute atomic E-state index is 12.1. The van der Waals surface area contributed by atoms with E-state index in [2.05, 4.69) is 4.98 Å². The van der Waals surface area contributed by atoms with Gasteiger partial charge in [-0.1, -0.05) is 30.3 Å². The molecule has 2 heterocycles. The number of carbonyl (C=O) groups is 1. The van der Waals surface area contributed by atoms with Crippen LogP contribution >= 0.6 is 11.3 Å². The van der Waals surface area contributed by atoms with Gasteiger partial charge in [-0.15, -0.1) is 11.3 Å². The number of carboxylic acids is 1. The van der Waals surface area contributed by atoms with Crippen molar-refractivity contribution in [1.82, 2.24) is 9.38 Å². The standard InChI is InChI=1S/C20H16N2O4S/c1-25-15-9-8-13(10-16(15)26-2)14-11-27-20-21-17(12-6-4-3-5-7-12)18(19(23)24)22(14)20/h3-11H,1-2H3,(H,23,24). The largest absolute Gasteiger partial charge is 0.493 e. The van der Waals surface area contributed by atoms with Gasteiger partial charge < -0.3 is 14.6 Å². The number of carboxylic acid groups (broad SMARTS) is 1. The van der Waals surface area contributed by atoms with Crippen molar-refractivity contribution >= 4 is 22.3 Å². The van der Waals surface area contributed by atoms with Gasteiger partial charge in [0.2, 0.25) is 0 Å². The van der Waals surface area contributed by atoms with Gasteiger partial charge in [-0.3, -0.25) is 4.40 Å². The average Bonchev–Trinajstić information content (AvgIpc) is 3.27. The van der Waals surface area contributed by atoms with E-state index in [0.717, 1.165) is 16.8 Å². The zero-order valence-corrected chi connectivity index (χ0v) is 15.5. The number of thiazole rings is 1. The highest BCUT2D eigenvalue weighted by atomic mass is 32.1. The normalized spacial score (nSPS) is 10.9. The minimum absolute atomic E-state index is 0.141. The van der Waals surface area contributed by atoms with Gasteiger partial charge in [0.05, 0.1) is 19.9 Å². The van der Waals surface area contributed by atoms with Crippen molar-refractivity contribution in [2.75, 3.05) is 14.2 Å². The Hall–Kier alpha value is -3.32. The van der Waals surface area contributed by atoms with Crippen molar-refractivity contribution in [2.45, 2.75) is 0 Å². The first-order valence-electron chi connectivity index (χ1n) is 8.15. The number of hydrogen-bond acceptors (Lipinski definition) is 5. The molecule has 0 amide bonds. The average molecular weight is 380 g/mol. The fraction of sp³-hybridized carbons (Fsp3) is 0.100. The first-order chi connectivity index (χ1) is 13.1. The van der Waals surface area contributed by atoms with Crippen LogP contribution in [0.1, 0.15) is 10.5 Å². The van der Waals surface area contributed by atoms with Crippen molar-refractivity contribution in [1.29, 1.82) is 0 Å². The van der Waals surface area contributed by atoms with Crippen LogP contribution in [0.3, 0.4) is 0 Å². The lowest BCUT2D eigenvalue weighted by Gasteiger charge is -2.10. The minimum atomic E-state index is -1.03. The summed E-state index contributed by atoms with van der Waals surface area (Å²) in [6.07, 6.45) is 0. The molecule has 6 nitrogen and oxygen atoms in total. The summed E-state index contributed by atoms with van der Waals surface area (Å²) in [7, 11) is 3.14. The Kier molecular flexibility index (Phi) is 4.29. The molecule has 0 saturated carbocycles. The Morgan fingerprint density at radius 2 is 1.78 bits per heavy atom. The Labute approximate surface area is 159 Å². The number of benzene rings is 2. The molecule has 27 heavy (non-hydrogen) atoms. The van der Waals surface area contributed by atoms with Crippen molar-refractivity contribution in [3.05, 3.63) is 59.6 Å². The van der Waals surface area contributed by atoms with Crippen LogP contribution in [-0.4, -0.2) is 34.7 Å². The highest BCUT2D eigenvalue weighted by molar-refractivity contribution is 7.15. The molecule has 0 bridgehead atoms. The number of fused-ring (bicyclic) bond motifs is 1. The predicted molar refractivity (Wildman–Crippen MR) is 104 cm³/mol. The number of ether oxygens (including phenoxy) is 2. The predicted octanol–water partition coefficient (Wildman–Crippen LogP) is 4.45. The van der Waals surface area contributed by atoms with E-state index >= 15 is 0 Å². The molecule has 2 aromatic heterocycles. The van der Waals surface area contributed by atoms with E-state index in [1.807, 2.05) is 47.8 Å². The molecule has 0 atom stereocenters. The van der Waals surface area contributed by atoms with E-state index in [0.29, 0.717) is 22.2 Å². The van der Waals surface area contributed by atoms with Crippen molar-refractivity contribution in [2.24, 2.45) is 0 Å². The molecule has 0 fully saturated rings. The second kappa shape index (κ2) is 6.77. The Bertz CT molecular complexity index is 1130. The maximum Gasteiger partial charge on any atom is 0.355 e. The van der Waals surface area contributed by atoms with Crippen molar-refractivity contribution in [3.8, 4) is 34.0 Å². The number of aromatic nitrogens is 2. The van der Waals surface area contributed by atoms with E-state index in [1.165, 1.54) is 11.3 Å². The molecule has 2 aromatic carbocycles. The Morgan fingerprint density at radius 3 is 2.44 bits per heavy atom. The van der Waals surface area contributed by atoms with Crippen LogP contribution in [0.5, 0.6) is 11.5 Å². The highest BCUT2D eigenvalue weighted by Crippen LogP contribution is 2.36. The van der Waals surface area contributed by atoms with Crippen LogP contribution in [0.15, 0.2) is 53.9 Å². The molecule has 0 aliphatic rings. The molecular weight excluding hydrogens is 364 g/mol. The van der Waals surface area contributed by atoms with Gasteiger partial charge in [0, 0.05) is 16.5 Å². The quantitative estimate of drug-likeness (QED) is 0.554. The number of hydrogen-bond donors (Lipinski definition) is 1. The van der Waals surface area contributed by atoms with Crippen LogP contribution < -0.4 is 9.47 Å². The molecule has 4 aromatic rings. The summed E-state index contributed by atoms with van der Waals surface area (Å²) in [5.41, 5.74) is 2.92. The third-order valence-electron chi connectivity index (χ3n) is 4.29. The van der Waals surface area contributed by atoms with E-state index in [1.54, 1.807) is 24.7 Å². The molecule has 136 valence electrons. The maximum atomic E-state index is 12.1. The fourth-order valence-electron chi connectivity index (χ4n) is 3.05. The van der Waals surface area contributed by atoms with Crippen LogP contribution in [0.2, 0.25) is 0 Å². The SMILES string of the molecule is COc1ccc(-c2csc3nc(-c4ccccc4)c(C(=O)O)n23)cc1OC. The Balaban J connectivity index is 1.96. The molecule has 0 unspecified atom stereocenters. The summed E-state index contributed by atoms with van der Waals surface area (Å²) in [4.78, 5) is 17.3. The van der Waals surface area contributed by atoms with E-state index < -0.39 is 5.97 Å². The zero-order valence-electron chi connectivity index (χ0n) is 14.7. The second-order valence-corrected chi connectivity index (χ2v) is 6.63. The lowest BCUT2D eigenvalue weighted by Crippen LogP contribution is -2.04. The van der Waals surface area contributed by atoms with Crippen LogP contribution in [-0.2, 0) is 0 Å². The van der Waals surface area contributed by atoms with Crippen LogP contribution in [0.25, 0.3) is 27.5 Å². The van der Waals surface area contributed by atoms with Gasteiger partial charge in [-0.05, 0) is 18.2 Å². The molecule has 0 spiro atoms. The lowest BCUT2D eigenvalue weighted by atomic mass is 10.1. The van der Waals surface area contributed by atoms with Gasteiger partial charge in [-0.25, -0.2) is 9.78 Å². The summed E-state index contributed by atoms with van der Waals surface area (Å²) in [5.74, 6) is 0.165.